The van der Waals surface area contributed by atoms with Crippen LogP contribution in [0, 0.1) is 11.8 Å². The molecule has 0 spiro atoms. The van der Waals surface area contributed by atoms with Crippen LogP contribution in [0.2, 0.25) is 5.02 Å². The number of ketones is 1. The molecule has 2 aliphatic rings. The Labute approximate surface area is 449 Å². The first-order valence-corrected chi connectivity index (χ1v) is 31.8. The molecule has 12 nitrogen and oxygen atoms in total. The van der Waals surface area contributed by atoms with E-state index < -0.39 is 55.7 Å². The van der Waals surface area contributed by atoms with Gasteiger partial charge in [0.25, 0.3) is 0 Å². The molecule has 0 amide bonds. The number of ether oxygens (including phenoxy) is 2. The topological polar surface area (TPSA) is 146 Å². The highest BCUT2D eigenvalue weighted by Gasteiger charge is 2.43. The molecule has 400 valence electrons. The van der Waals surface area contributed by atoms with Crippen LogP contribution in [0.25, 0.3) is 11.1 Å². The maximum absolute atomic E-state index is 14.2. The highest BCUT2D eigenvalue weighted by atomic mass is 35.5. The summed E-state index contributed by atoms with van der Waals surface area (Å²) in [6.45, 7) is 16.1. The zero-order valence-corrected chi connectivity index (χ0v) is 47.8. The van der Waals surface area contributed by atoms with E-state index in [2.05, 4.69) is 34.1 Å². The number of hydrogen-bond acceptors (Lipinski definition) is 13. The van der Waals surface area contributed by atoms with Gasteiger partial charge in [0.1, 0.15) is 5.75 Å². The van der Waals surface area contributed by atoms with Crippen molar-refractivity contribution < 1.29 is 44.7 Å². The quantitative estimate of drug-likeness (QED) is 0.0281. The molecule has 17 heteroatoms. The van der Waals surface area contributed by atoms with Crippen LogP contribution in [-0.4, -0.2) is 109 Å². The molecule has 1 unspecified atom stereocenters. The number of thioether (sulfide) groups is 1. The molecule has 0 N–H and O–H groups in total. The maximum Gasteiger partial charge on any atom is 0.338 e. The second-order valence-electron chi connectivity index (χ2n) is 21.3. The van der Waals surface area contributed by atoms with Crippen molar-refractivity contribution in [2.75, 3.05) is 75.4 Å². The molecule has 74 heavy (non-hydrogen) atoms. The van der Waals surface area contributed by atoms with Crippen molar-refractivity contribution in [1.29, 1.82) is 0 Å². The van der Waals surface area contributed by atoms with Crippen molar-refractivity contribution >= 4 is 62.1 Å². The van der Waals surface area contributed by atoms with Crippen LogP contribution in [-0.2, 0) is 49.2 Å². The summed E-state index contributed by atoms with van der Waals surface area (Å²) in [6.07, 6.45) is 3.44. The molecule has 0 bridgehead atoms. The predicted molar refractivity (Wildman–Crippen MR) is 298 cm³/mol. The monoisotopic (exact) mass is 1110 g/mol. The minimum absolute atomic E-state index is 0.0331. The first kappa shape index (κ1) is 57.8. The van der Waals surface area contributed by atoms with Crippen LogP contribution in [0.3, 0.4) is 0 Å². The molecule has 5 aromatic rings. The van der Waals surface area contributed by atoms with Crippen LogP contribution < -0.4 is 4.90 Å². The Kier molecular flexibility index (Phi) is 19.6. The lowest BCUT2D eigenvalue weighted by molar-refractivity contribution is -0.0773. The van der Waals surface area contributed by atoms with E-state index >= 15 is 0 Å². The molecule has 5 aromatic carbocycles. The number of anilines is 1. The van der Waals surface area contributed by atoms with Gasteiger partial charge in [-0.25, -0.2) is 16.8 Å². The van der Waals surface area contributed by atoms with Gasteiger partial charge in [0.05, 0.1) is 39.9 Å². The van der Waals surface area contributed by atoms with Crippen molar-refractivity contribution in [3.05, 3.63) is 143 Å². The molecule has 2 saturated heterocycles. The third kappa shape index (κ3) is 15.9. The Hall–Kier alpha value is -3.86. The van der Waals surface area contributed by atoms with E-state index in [1.165, 1.54) is 12.1 Å². The molecule has 0 saturated carbocycles. The predicted octanol–water partition coefficient (Wildman–Crippen LogP) is 12.5. The normalized spacial score (nSPS) is 17.2. The zero-order chi connectivity index (χ0) is 53.3. The van der Waals surface area contributed by atoms with Crippen molar-refractivity contribution in [3.63, 3.8) is 0 Å². The van der Waals surface area contributed by atoms with Crippen molar-refractivity contribution in [3.8, 4) is 11.1 Å². The molecule has 2 fully saturated rings. The fourth-order valence-electron chi connectivity index (χ4n) is 9.38. The number of benzene rings is 5. The molecule has 7 rings (SSSR count). The van der Waals surface area contributed by atoms with Gasteiger partial charge in [-0.05, 0) is 169 Å². The lowest BCUT2D eigenvalue weighted by Crippen LogP contribution is -2.37. The van der Waals surface area contributed by atoms with E-state index in [1.54, 1.807) is 30.0 Å². The summed E-state index contributed by atoms with van der Waals surface area (Å²) in [6, 6.07) is 37.1. The molecule has 0 aliphatic carbocycles. The van der Waals surface area contributed by atoms with E-state index in [1.807, 2.05) is 108 Å². The summed E-state index contributed by atoms with van der Waals surface area (Å²) in [4.78, 5) is 19.2. The second-order valence-corrected chi connectivity index (χ2v) is 29.6. The maximum atomic E-state index is 14.2. The molecular weight excluding hydrogens is 1040 g/mol. The summed E-state index contributed by atoms with van der Waals surface area (Å²) in [5.41, 5.74) is 3.91. The van der Waals surface area contributed by atoms with E-state index in [0.29, 0.717) is 43.3 Å². The Morgan fingerprint density at radius 1 is 0.824 bits per heavy atom. The van der Waals surface area contributed by atoms with Crippen LogP contribution in [0.5, 0.6) is 0 Å². The van der Waals surface area contributed by atoms with Crippen molar-refractivity contribution in [2.45, 2.75) is 98.8 Å². The molecule has 2 heterocycles. The first-order chi connectivity index (χ1) is 35.0. The number of sulfone groups is 2. The van der Waals surface area contributed by atoms with Gasteiger partial charge in [-0.1, -0.05) is 72.3 Å². The Morgan fingerprint density at radius 3 is 2.11 bits per heavy atom. The number of carbonyl (C=O) groups excluding carboxylic acids is 1. The van der Waals surface area contributed by atoms with Crippen molar-refractivity contribution in [2.24, 2.45) is 11.8 Å². The lowest BCUT2D eigenvalue weighted by atomic mass is 9.84. The van der Waals surface area contributed by atoms with Crippen LogP contribution in [0.4, 0.5) is 5.69 Å². The number of piperidine rings is 1. The van der Waals surface area contributed by atoms with E-state index in [4.69, 9.17) is 30.1 Å². The van der Waals surface area contributed by atoms with E-state index in [9.17, 15) is 26.2 Å². The Balaban J connectivity index is 1.02. The van der Waals surface area contributed by atoms with Crippen LogP contribution >= 0.6 is 31.0 Å². The molecule has 3 atom stereocenters. The number of halogens is 1. The fraction of sp³-hybridized carbons (Fsp3) is 0.456. The SMILES string of the molecule is CC(C)(C)OP(=O)(OCO[C@@H](c1ccccc1-c1ccc(Cl)cc1)C1CCN(c2ccc(C(=O)CS(=O)(=O)c3ccc(C[C@H](CCN4CCOCC4)CSc4ccccc4)c(S(C)(=O)=O)c3)cc2)CC1)C(C)(C)C. The summed E-state index contributed by atoms with van der Waals surface area (Å²) >= 11 is 8.01. The van der Waals surface area contributed by atoms with Crippen LogP contribution in [0.15, 0.2) is 136 Å². The van der Waals surface area contributed by atoms with Gasteiger partial charge in [0, 0.05) is 59.4 Å². The van der Waals surface area contributed by atoms with Gasteiger partial charge in [0.15, 0.2) is 32.3 Å². The smallest absolute Gasteiger partial charge is 0.338 e. The fourth-order valence-corrected chi connectivity index (χ4v) is 14.5. The Morgan fingerprint density at radius 2 is 1.47 bits per heavy atom. The average Bonchev–Trinajstić information content (AvgIpc) is 3.36. The average molecular weight is 1110 g/mol. The van der Waals surface area contributed by atoms with Crippen molar-refractivity contribution in [1.82, 2.24) is 4.90 Å². The van der Waals surface area contributed by atoms with Gasteiger partial charge >= 0.3 is 7.60 Å². The Bertz CT molecular complexity index is 2930. The first-order valence-electron chi connectivity index (χ1n) is 25.3. The van der Waals surface area contributed by atoms with Gasteiger partial charge in [-0.15, -0.1) is 11.8 Å². The van der Waals surface area contributed by atoms with Crippen LogP contribution in [0.1, 0.15) is 88.4 Å². The van der Waals surface area contributed by atoms with E-state index in [0.717, 1.165) is 78.2 Å². The second kappa shape index (κ2) is 25.1. The van der Waals surface area contributed by atoms with Gasteiger partial charge < -0.3 is 18.9 Å². The summed E-state index contributed by atoms with van der Waals surface area (Å²) in [7, 11) is -11.7. The highest BCUT2D eigenvalue weighted by molar-refractivity contribution is 7.99. The van der Waals surface area contributed by atoms with Gasteiger partial charge in [0.2, 0.25) is 0 Å². The largest absolute Gasteiger partial charge is 0.379 e. The summed E-state index contributed by atoms with van der Waals surface area (Å²) < 4.78 is 93.1. The van der Waals surface area contributed by atoms with Gasteiger partial charge in [-0.2, -0.15) is 0 Å². The minimum Gasteiger partial charge on any atom is -0.379 e. The minimum atomic E-state index is -4.22. The third-order valence-electron chi connectivity index (χ3n) is 13.4. The summed E-state index contributed by atoms with van der Waals surface area (Å²) in [5.74, 6) is -0.492. The number of carbonyl (C=O) groups is 1. The molecular formula is C57H72ClN2O10PS3. The number of hydrogen-bond donors (Lipinski definition) is 0. The zero-order valence-electron chi connectivity index (χ0n) is 43.7. The number of rotatable bonds is 22. The molecule has 0 radical (unpaired) electrons. The molecule has 0 aromatic heterocycles. The summed E-state index contributed by atoms with van der Waals surface area (Å²) in [5, 5.41) is -0.164. The standard InChI is InChI=1S/C57H72ClN2O10PS3/c1-56(2,3)70-71(62,57(4,5)6)69-41-68-55(52-16-12-11-15-51(52)43-17-22-47(58)23-18-43)45-28-31-60(32-29-45)48-24-19-44(20-25-48)53(61)40-74(65,66)50-26-21-46(54(38-50)73(7,63)64)37-42(27-30-59-33-35-67-36-34-59)39-72-49-13-9-8-10-14-49/h8-26,38,42,45,55H,27-37,39-41H2,1-7H3/t42-,55+,71?/m0/s1. The number of morpholine rings is 1. The van der Waals surface area contributed by atoms with E-state index in [-0.39, 0.29) is 34.0 Å². The highest BCUT2D eigenvalue weighted by Crippen LogP contribution is 2.62. The third-order valence-corrected chi connectivity index (χ3v) is 20.6. The van der Waals surface area contributed by atoms with Gasteiger partial charge in [-0.3, -0.25) is 18.8 Å². The molecule has 2 aliphatic heterocycles. The number of nitrogens with zero attached hydrogens (tertiary/aromatic N) is 2. The lowest BCUT2D eigenvalue weighted by Gasteiger charge is -2.39. The number of Topliss-reactive ketones (excluding diaryl/α,β-unsaturated/α-hetero) is 1.